The number of unbranched alkanes of at least 4 members (excludes halogenated alkanes) is 3. The molecule has 3 heteroatoms. The van der Waals surface area contributed by atoms with Crippen molar-refractivity contribution in [2.45, 2.75) is 53.4 Å². The van der Waals surface area contributed by atoms with Crippen LogP contribution in [0.4, 0.5) is 0 Å². The molecule has 0 aromatic carbocycles. The zero-order chi connectivity index (χ0) is 10.2. The van der Waals surface area contributed by atoms with Crippen LogP contribution < -0.4 is 10.2 Å². The van der Waals surface area contributed by atoms with Gasteiger partial charge in [0.05, 0.1) is 0 Å². The fourth-order valence-corrected chi connectivity index (χ4v) is 0.500. The van der Waals surface area contributed by atoms with Gasteiger partial charge >= 0.3 is 23.1 Å². The van der Waals surface area contributed by atoms with Gasteiger partial charge in [-0.15, -0.1) is 13.2 Å². The number of hydrogen-bond donors (Lipinski definition) is 0. The van der Waals surface area contributed by atoms with Crippen molar-refractivity contribution in [1.82, 2.24) is 0 Å². The monoisotopic (exact) mass is 200 g/mol. The molecule has 2 nitrogen and oxygen atoms in total. The first-order valence-electron chi connectivity index (χ1n) is 4.91. The van der Waals surface area contributed by atoms with Gasteiger partial charge in [0.25, 0.3) is 0 Å². The van der Waals surface area contributed by atoms with E-state index in [1.165, 1.54) is 25.7 Å². The molecule has 0 aliphatic rings. The van der Waals surface area contributed by atoms with E-state index in [0.29, 0.717) is 0 Å². The molecular weight excluding hydrogens is 176 g/mol. The van der Waals surface area contributed by atoms with Crippen LogP contribution in [-0.2, 0) is 0 Å². The van der Waals surface area contributed by atoms with Crippen LogP contribution >= 0.6 is 0 Å². The standard InChI is InChI=1S/C6H14.2C2H5O.Mg/c1-3-5-6-4-2;2*1-2-3;/h3-6H2,1-2H3;2*2H2,1H3;/q;2*-1;+2. The summed E-state index contributed by atoms with van der Waals surface area (Å²) < 4.78 is 0. The second-order valence-electron chi connectivity index (χ2n) is 2.28. The number of rotatable bonds is 3. The zero-order valence-electron chi connectivity index (χ0n) is 9.77. The van der Waals surface area contributed by atoms with Gasteiger partial charge < -0.3 is 10.2 Å². The third kappa shape index (κ3) is 107. The summed E-state index contributed by atoms with van der Waals surface area (Å²) in [7, 11) is 0. The number of hydrogen-bond acceptors (Lipinski definition) is 2. The van der Waals surface area contributed by atoms with E-state index < -0.39 is 0 Å². The van der Waals surface area contributed by atoms with Gasteiger partial charge in [0, 0.05) is 0 Å². The summed E-state index contributed by atoms with van der Waals surface area (Å²) >= 11 is 0. The summed E-state index contributed by atoms with van der Waals surface area (Å²) in [5.41, 5.74) is 0. The Morgan fingerprint density at radius 2 is 0.846 bits per heavy atom. The van der Waals surface area contributed by atoms with Gasteiger partial charge in [-0.25, -0.2) is 0 Å². The van der Waals surface area contributed by atoms with Crippen LogP contribution in [0.15, 0.2) is 0 Å². The summed E-state index contributed by atoms with van der Waals surface area (Å²) in [4.78, 5) is 0. The summed E-state index contributed by atoms with van der Waals surface area (Å²) in [5, 5.41) is 17.9. The Morgan fingerprint density at radius 3 is 0.923 bits per heavy atom. The van der Waals surface area contributed by atoms with Crippen LogP contribution in [0, 0.1) is 0 Å². The molecule has 0 rings (SSSR count). The SMILES string of the molecule is CCCCCC.CC[O-].CC[O-].[Mg+2]. The second-order valence-corrected chi connectivity index (χ2v) is 2.28. The molecule has 0 N–H and O–H groups in total. The average Bonchev–Trinajstić information content (AvgIpc) is 2.04. The first-order valence-corrected chi connectivity index (χ1v) is 4.91. The van der Waals surface area contributed by atoms with Gasteiger partial charge in [0.1, 0.15) is 0 Å². The van der Waals surface area contributed by atoms with Crippen LogP contribution in [0.2, 0.25) is 0 Å². The summed E-state index contributed by atoms with van der Waals surface area (Å²) in [6.45, 7) is 7.60. The third-order valence-electron chi connectivity index (χ3n) is 0.957. The molecule has 0 aliphatic heterocycles. The molecule has 0 aromatic rings. The molecule has 0 aromatic heterocycles. The minimum atomic E-state index is 0. The van der Waals surface area contributed by atoms with E-state index in [2.05, 4.69) is 13.8 Å². The van der Waals surface area contributed by atoms with Gasteiger partial charge in [-0.3, -0.25) is 0 Å². The van der Waals surface area contributed by atoms with E-state index >= 15 is 0 Å². The first-order chi connectivity index (χ1) is 5.74. The molecule has 0 saturated heterocycles. The van der Waals surface area contributed by atoms with Crippen molar-refractivity contribution < 1.29 is 10.2 Å². The predicted octanol–water partition coefficient (Wildman–Crippen LogP) is 0.939. The third-order valence-corrected chi connectivity index (χ3v) is 0.957. The van der Waals surface area contributed by atoms with Crippen molar-refractivity contribution in [3.05, 3.63) is 0 Å². The summed E-state index contributed by atoms with van der Waals surface area (Å²) in [6, 6.07) is 0. The van der Waals surface area contributed by atoms with Crippen molar-refractivity contribution in [3.63, 3.8) is 0 Å². The zero-order valence-corrected chi connectivity index (χ0v) is 11.2. The van der Waals surface area contributed by atoms with Gasteiger partial charge in [-0.1, -0.05) is 53.4 Å². The molecule has 0 amide bonds. The van der Waals surface area contributed by atoms with Gasteiger partial charge in [-0.05, 0) is 0 Å². The Morgan fingerprint density at radius 1 is 0.692 bits per heavy atom. The summed E-state index contributed by atoms with van der Waals surface area (Å²) in [5.74, 6) is 0. The molecule has 0 spiro atoms. The topological polar surface area (TPSA) is 46.1 Å². The van der Waals surface area contributed by atoms with Crippen molar-refractivity contribution in [2.24, 2.45) is 0 Å². The van der Waals surface area contributed by atoms with Gasteiger partial charge in [0.2, 0.25) is 0 Å². The molecule has 0 bridgehead atoms. The van der Waals surface area contributed by atoms with Crippen LogP contribution in [-0.4, -0.2) is 36.3 Å². The predicted molar refractivity (Wildman–Crippen MR) is 56.7 cm³/mol. The van der Waals surface area contributed by atoms with Crippen molar-refractivity contribution in [2.75, 3.05) is 13.2 Å². The van der Waals surface area contributed by atoms with Crippen LogP contribution in [0.5, 0.6) is 0 Å². The molecule has 0 unspecified atom stereocenters. The normalized spacial score (nSPS) is 6.92. The molecule has 0 aliphatic carbocycles. The molecule has 0 radical (unpaired) electrons. The Hall–Kier alpha value is 0.686. The largest absolute Gasteiger partial charge is 2.00 e. The molecule has 78 valence electrons. The van der Waals surface area contributed by atoms with Crippen LogP contribution in [0.1, 0.15) is 53.4 Å². The fraction of sp³-hybridized carbons (Fsp3) is 1.00. The van der Waals surface area contributed by atoms with Crippen molar-refractivity contribution in [1.29, 1.82) is 0 Å². The van der Waals surface area contributed by atoms with E-state index in [1.54, 1.807) is 13.8 Å². The maximum atomic E-state index is 8.93. The van der Waals surface area contributed by atoms with Crippen molar-refractivity contribution in [3.8, 4) is 0 Å². The van der Waals surface area contributed by atoms with E-state index in [4.69, 9.17) is 10.2 Å². The molecule has 0 fully saturated rings. The Kier molecular flexibility index (Phi) is 70.0. The molecule has 0 atom stereocenters. The van der Waals surface area contributed by atoms with E-state index in [0.717, 1.165) is 0 Å². The van der Waals surface area contributed by atoms with Crippen molar-refractivity contribution >= 4 is 23.1 Å². The Balaban J connectivity index is -0.0000000501. The molecule has 0 saturated carbocycles. The first kappa shape index (κ1) is 23.5. The minimum Gasteiger partial charge on any atom is -0.855 e. The molecule has 0 heterocycles. The van der Waals surface area contributed by atoms with Crippen LogP contribution in [0.3, 0.4) is 0 Å². The quantitative estimate of drug-likeness (QED) is 0.503. The van der Waals surface area contributed by atoms with Crippen LogP contribution in [0.25, 0.3) is 0 Å². The van der Waals surface area contributed by atoms with Gasteiger partial charge in [0.15, 0.2) is 0 Å². The van der Waals surface area contributed by atoms with E-state index in [9.17, 15) is 0 Å². The second kappa shape index (κ2) is 38.8. The minimum absolute atomic E-state index is 0. The summed E-state index contributed by atoms with van der Waals surface area (Å²) in [6.07, 6.45) is 5.54. The van der Waals surface area contributed by atoms with Gasteiger partial charge in [-0.2, -0.15) is 0 Å². The Labute approximate surface area is 99.9 Å². The maximum Gasteiger partial charge on any atom is 2.00 e. The Bertz CT molecular complexity index is 37.9. The molecular formula is C10H24MgO2. The maximum absolute atomic E-state index is 8.93. The molecule has 13 heavy (non-hydrogen) atoms. The smallest absolute Gasteiger partial charge is 0.855 e. The van der Waals surface area contributed by atoms with E-state index in [1.807, 2.05) is 0 Å². The fourth-order valence-electron chi connectivity index (χ4n) is 0.500. The average molecular weight is 201 g/mol. The van der Waals surface area contributed by atoms with E-state index in [-0.39, 0.29) is 36.3 Å².